The second kappa shape index (κ2) is 9.49. The molecule has 10 nitrogen and oxygen atoms in total. The molecule has 0 bridgehead atoms. The number of amides is 1. The van der Waals surface area contributed by atoms with Crippen molar-refractivity contribution < 1.29 is 13.2 Å². The number of hydrogen-bond donors (Lipinski definition) is 3. The van der Waals surface area contributed by atoms with Crippen molar-refractivity contribution in [1.82, 2.24) is 19.3 Å². The third-order valence-corrected chi connectivity index (χ3v) is 8.51. The zero-order valence-electron chi connectivity index (χ0n) is 20.8. The zero-order valence-corrected chi connectivity index (χ0v) is 21.6. The highest BCUT2D eigenvalue weighted by Crippen LogP contribution is 2.37. The number of hydrogen-bond acceptors (Lipinski definition) is 6. The van der Waals surface area contributed by atoms with Gasteiger partial charge in [-0.15, -0.1) is 0 Å². The summed E-state index contributed by atoms with van der Waals surface area (Å²) in [5.41, 5.74) is 2.68. The van der Waals surface area contributed by atoms with Crippen molar-refractivity contribution >= 4 is 38.2 Å². The monoisotopic (exact) mass is 520 g/mol. The van der Waals surface area contributed by atoms with Gasteiger partial charge in [0, 0.05) is 55.7 Å². The highest BCUT2D eigenvalue weighted by Gasteiger charge is 2.32. The number of carbonyl (C=O) groups is 1. The maximum absolute atomic E-state index is 13.7. The van der Waals surface area contributed by atoms with Gasteiger partial charge in [0.2, 0.25) is 15.6 Å². The number of rotatable bonds is 6. The fourth-order valence-corrected chi connectivity index (χ4v) is 5.75. The minimum absolute atomic E-state index is 0.0343. The summed E-state index contributed by atoms with van der Waals surface area (Å²) in [6.45, 7) is 2.53. The van der Waals surface area contributed by atoms with Gasteiger partial charge in [0.15, 0.2) is 0 Å². The molecule has 1 atom stereocenters. The van der Waals surface area contributed by atoms with Gasteiger partial charge in [-0.25, -0.2) is 17.7 Å². The van der Waals surface area contributed by atoms with Crippen LogP contribution in [0.5, 0.6) is 0 Å². The first kappa shape index (κ1) is 24.7. The lowest BCUT2D eigenvalue weighted by Gasteiger charge is -2.28. The number of nitrogens with zero attached hydrogens (tertiary/aromatic N) is 3. The van der Waals surface area contributed by atoms with Crippen LogP contribution < -0.4 is 15.8 Å². The average molecular weight is 521 g/mol. The van der Waals surface area contributed by atoms with Crippen molar-refractivity contribution in [2.45, 2.75) is 30.7 Å². The SMILES string of the molecule is Cc1cc(=O)[nH]c2ccc(NC(=O)c3cc(S(=O)(=O)N(C)C)ccc3N3CCCC3c3ncc[nH]3)cc12. The van der Waals surface area contributed by atoms with E-state index in [4.69, 9.17) is 0 Å². The number of anilines is 2. The van der Waals surface area contributed by atoms with E-state index in [-0.39, 0.29) is 22.1 Å². The molecule has 0 saturated carbocycles. The fourth-order valence-electron chi connectivity index (χ4n) is 4.82. The molecule has 1 unspecified atom stereocenters. The number of benzene rings is 2. The lowest BCUT2D eigenvalue weighted by molar-refractivity contribution is 0.102. The van der Waals surface area contributed by atoms with Crippen LogP contribution in [0.2, 0.25) is 0 Å². The zero-order chi connectivity index (χ0) is 26.3. The lowest BCUT2D eigenvalue weighted by Crippen LogP contribution is -2.28. The molecular weight excluding hydrogens is 492 g/mol. The number of fused-ring (bicyclic) bond motifs is 1. The molecule has 1 saturated heterocycles. The highest BCUT2D eigenvalue weighted by molar-refractivity contribution is 7.89. The van der Waals surface area contributed by atoms with Gasteiger partial charge in [0.1, 0.15) is 5.82 Å². The summed E-state index contributed by atoms with van der Waals surface area (Å²) >= 11 is 0. The van der Waals surface area contributed by atoms with Crippen LogP contribution in [-0.2, 0) is 10.0 Å². The van der Waals surface area contributed by atoms with Gasteiger partial charge in [0.25, 0.3) is 5.91 Å². The van der Waals surface area contributed by atoms with Crippen molar-refractivity contribution in [3.8, 4) is 0 Å². The Bertz CT molecular complexity index is 1640. The van der Waals surface area contributed by atoms with E-state index in [1.165, 1.54) is 32.3 Å². The van der Waals surface area contributed by atoms with E-state index in [1.54, 1.807) is 36.7 Å². The Morgan fingerprint density at radius 3 is 2.70 bits per heavy atom. The van der Waals surface area contributed by atoms with Gasteiger partial charge < -0.3 is 20.2 Å². The number of aromatic amines is 2. The van der Waals surface area contributed by atoms with Crippen LogP contribution in [0.3, 0.4) is 0 Å². The Morgan fingerprint density at radius 2 is 1.97 bits per heavy atom. The molecule has 3 heterocycles. The average Bonchev–Trinajstić information content (AvgIpc) is 3.56. The maximum Gasteiger partial charge on any atom is 0.257 e. The number of sulfonamides is 1. The number of carbonyl (C=O) groups excluding carboxylic acids is 1. The normalized spacial score (nSPS) is 16.0. The van der Waals surface area contributed by atoms with Gasteiger partial charge in [-0.05, 0) is 61.7 Å². The predicted molar refractivity (Wildman–Crippen MR) is 142 cm³/mol. The first-order valence-electron chi connectivity index (χ1n) is 11.9. The molecule has 0 radical (unpaired) electrons. The Kier molecular flexibility index (Phi) is 6.34. The van der Waals surface area contributed by atoms with E-state index in [0.29, 0.717) is 23.4 Å². The molecule has 0 aliphatic carbocycles. The molecule has 1 amide bonds. The topological polar surface area (TPSA) is 131 Å². The second-order valence-electron chi connectivity index (χ2n) is 9.32. The summed E-state index contributed by atoms with van der Waals surface area (Å²) in [6, 6.07) is 11.3. The molecule has 192 valence electrons. The molecule has 0 spiro atoms. The number of H-pyrrole nitrogens is 2. The van der Waals surface area contributed by atoms with E-state index in [9.17, 15) is 18.0 Å². The van der Waals surface area contributed by atoms with E-state index in [2.05, 4.69) is 25.2 Å². The summed E-state index contributed by atoms with van der Waals surface area (Å²) in [4.78, 5) is 38.0. The molecule has 3 N–H and O–H groups in total. The van der Waals surface area contributed by atoms with Crippen LogP contribution in [0.15, 0.2) is 64.5 Å². The van der Waals surface area contributed by atoms with Gasteiger partial charge in [0.05, 0.1) is 22.2 Å². The summed E-state index contributed by atoms with van der Waals surface area (Å²) in [6.07, 6.45) is 5.23. The Labute approximate surface area is 214 Å². The number of aryl methyl sites for hydroxylation is 1. The molecule has 1 aliphatic rings. The van der Waals surface area contributed by atoms with Crippen LogP contribution in [-0.4, -0.2) is 54.2 Å². The Balaban J connectivity index is 1.57. The van der Waals surface area contributed by atoms with Crippen LogP contribution in [0.1, 0.15) is 40.6 Å². The van der Waals surface area contributed by atoms with E-state index in [0.717, 1.165) is 33.9 Å². The van der Waals surface area contributed by atoms with Crippen molar-refractivity contribution in [3.05, 3.63) is 82.2 Å². The largest absolute Gasteiger partial charge is 0.361 e. The smallest absolute Gasteiger partial charge is 0.257 e. The van der Waals surface area contributed by atoms with E-state index in [1.807, 2.05) is 6.92 Å². The number of nitrogens with one attached hydrogen (secondary N) is 3. The standard InChI is InChI=1S/C26H28N6O4S/c1-16-13-24(33)30-21-8-6-17(14-19(16)21)29-26(34)20-15-18(37(35,36)31(2)3)7-9-22(20)32-12-4-5-23(32)25-27-10-11-28-25/h6-11,13-15,23H,4-5,12H2,1-3H3,(H,27,28)(H,29,34)(H,30,33). The van der Waals surface area contributed by atoms with Crippen LogP contribution in [0.4, 0.5) is 11.4 Å². The molecule has 4 aromatic rings. The quantitative estimate of drug-likeness (QED) is 0.357. The molecule has 1 fully saturated rings. The van der Waals surface area contributed by atoms with Crippen molar-refractivity contribution in [1.29, 1.82) is 0 Å². The lowest BCUT2D eigenvalue weighted by atomic mass is 10.1. The maximum atomic E-state index is 13.7. The van der Waals surface area contributed by atoms with E-state index < -0.39 is 15.9 Å². The van der Waals surface area contributed by atoms with Gasteiger partial charge in [-0.1, -0.05) is 0 Å². The van der Waals surface area contributed by atoms with Gasteiger partial charge in [-0.3, -0.25) is 9.59 Å². The molecule has 11 heteroatoms. The minimum Gasteiger partial charge on any atom is -0.361 e. The first-order valence-corrected chi connectivity index (χ1v) is 13.4. The third-order valence-electron chi connectivity index (χ3n) is 6.70. The Morgan fingerprint density at radius 1 is 1.16 bits per heavy atom. The summed E-state index contributed by atoms with van der Waals surface area (Å²) < 4.78 is 26.9. The van der Waals surface area contributed by atoms with Crippen molar-refractivity contribution in [2.24, 2.45) is 0 Å². The molecule has 2 aromatic carbocycles. The molecule has 5 rings (SSSR count). The van der Waals surface area contributed by atoms with E-state index >= 15 is 0 Å². The second-order valence-corrected chi connectivity index (χ2v) is 11.5. The number of imidazole rings is 1. The number of pyridine rings is 1. The summed E-state index contributed by atoms with van der Waals surface area (Å²) in [7, 11) is -0.846. The van der Waals surface area contributed by atoms with Crippen LogP contribution in [0.25, 0.3) is 10.9 Å². The van der Waals surface area contributed by atoms with Gasteiger partial charge >= 0.3 is 0 Å². The molecule has 37 heavy (non-hydrogen) atoms. The van der Waals surface area contributed by atoms with Gasteiger partial charge in [-0.2, -0.15) is 0 Å². The van der Waals surface area contributed by atoms with Crippen molar-refractivity contribution in [2.75, 3.05) is 30.9 Å². The molecule has 2 aromatic heterocycles. The summed E-state index contributed by atoms with van der Waals surface area (Å²) in [5.74, 6) is 0.366. The predicted octanol–water partition coefficient (Wildman–Crippen LogP) is 3.40. The third kappa shape index (κ3) is 4.63. The summed E-state index contributed by atoms with van der Waals surface area (Å²) in [5, 5.41) is 3.73. The van der Waals surface area contributed by atoms with Crippen molar-refractivity contribution in [3.63, 3.8) is 0 Å². The Hall–Kier alpha value is -3.96. The number of aromatic nitrogens is 3. The minimum atomic E-state index is -3.76. The van der Waals surface area contributed by atoms with Crippen LogP contribution in [0, 0.1) is 6.92 Å². The first-order chi connectivity index (χ1) is 17.6. The molecule has 1 aliphatic heterocycles. The van der Waals surface area contributed by atoms with Crippen LogP contribution >= 0.6 is 0 Å². The molecular formula is C26H28N6O4S. The fraction of sp³-hybridized carbons (Fsp3) is 0.269. The highest BCUT2D eigenvalue weighted by atomic mass is 32.2.